The van der Waals surface area contributed by atoms with E-state index in [9.17, 15) is 9.90 Å². The normalized spacial score (nSPS) is 13.5. The van der Waals surface area contributed by atoms with E-state index in [4.69, 9.17) is 7.48 Å². The number of aromatic nitrogens is 1. The largest absolute Gasteiger partial charge is 0.512 e. The molecule has 4 aromatic rings. The van der Waals surface area contributed by atoms with Gasteiger partial charge in [0.25, 0.3) is 0 Å². The first kappa shape index (κ1) is 30.4. The van der Waals surface area contributed by atoms with Crippen molar-refractivity contribution < 1.29 is 37.5 Å². The molecule has 0 atom stereocenters. The fraction of sp³-hybridized carbons (Fsp3) is 0.405. The van der Waals surface area contributed by atoms with Gasteiger partial charge in [-0.1, -0.05) is 95.1 Å². The van der Waals surface area contributed by atoms with Gasteiger partial charge in [0.2, 0.25) is 0 Å². The Bertz CT molecular complexity index is 1650. The average Bonchev–Trinajstić information content (AvgIpc) is 2.98. The van der Waals surface area contributed by atoms with Crippen LogP contribution in [0.1, 0.15) is 82.5 Å². The van der Waals surface area contributed by atoms with Crippen LogP contribution in [0.2, 0.25) is 0 Å². The predicted octanol–water partition coefficient (Wildman–Crippen LogP) is 10.4. The van der Waals surface area contributed by atoms with Gasteiger partial charge in [0.15, 0.2) is 5.78 Å². The second-order valence-corrected chi connectivity index (χ2v) is 11.8. The molecule has 5 rings (SSSR count). The summed E-state index contributed by atoms with van der Waals surface area (Å²) in [6, 6.07) is 19.0. The van der Waals surface area contributed by atoms with Crippen LogP contribution in [0, 0.1) is 23.3 Å². The Morgan fingerprint density at radius 3 is 2.33 bits per heavy atom. The molecule has 225 valence electrons. The molecule has 1 aromatic heterocycles. The number of carbonyl (C=O) groups is 1. The topological polar surface area (TPSA) is 59.4 Å². The van der Waals surface area contributed by atoms with Gasteiger partial charge in [0, 0.05) is 58.0 Å². The molecule has 42 heavy (non-hydrogen) atoms. The summed E-state index contributed by atoms with van der Waals surface area (Å²) in [5, 5.41) is 13.7. The summed E-state index contributed by atoms with van der Waals surface area (Å²) in [4.78, 5) is 16.3. The molecule has 1 N–H and O–H groups in total. The van der Waals surface area contributed by atoms with Gasteiger partial charge >= 0.3 is 0 Å². The number of allylic oxidation sites excluding steroid dienone is 2. The van der Waals surface area contributed by atoms with Crippen LogP contribution < -0.4 is 4.74 Å². The van der Waals surface area contributed by atoms with Gasteiger partial charge in [-0.3, -0.25) is 4.79 Å². The Labute approximate surface area is 267 Å². The molecule has 0 saturated carbocycles. The first-order valence-electron chi connectivity index (χ1n) is 15.9. The minimum absolute atomic E-state index is 0. The Balaban J connectivity index is 0.000000286. The van der Waals surface area contributed by atoms with Crippen LogP contribution in [0.5, 0.6) is 11.5 Å². The van der Waals surface area contributed by atoms with E-state index in [1.165, 1.54) is 6.08 Å². The van der Waals surface area contributed by atoms with Gasteiger partial charge in [0.05, 0.1) is 11.5 Å². The van der Waals surface area contributed by atoms with Crippen LogP contribution in [0.4, 0.5) is 0 Å². The maximum atomic E-state index is 11.7. The van der Waals surface area contributed by atoms with Crippen molar-refractivity contribution in [2.45, 2.75) is 80.5 Å². The molecule has 0 bridgehead atoms. The maximum absolute atomic E-state index is 11.7. The number of rotatable bonds is 8. The van der Waals surface area contributed by atoms with E-state index >= 15 is 0 Å². The fourth-order valence-corrected chi connectivity index (χ4v) is 5.40. The quantitative estimate of drug-likeness (QED) is 0.0977. The number of aliphatic hydroxyl groups excluding tert-OH is 1. The molecule has 0 fully saturated rings. The van der Waals surface area contributed by atoms with Crippen molar-refractivity contribution in [1.82, 2.24) is 4.98 Å². The monoisotopic (exact) mass is 745 g/mol. The smallest absolute Gasteiger partial charge is 0.162 e. The molecule has 0 aliphatic carbocycles. The van der Waals surface area contributed by atoms with Crippen LogP contribution >= 0.6 is 0 Å². The van der Waals surface area contributed by atoms with Gasteiger partial charge in [-0.25, -0.2) is 0 Å². The number of ketones is 1. The first-order chi connectivity index (χ1) is 20.4. The number of nitrogens with zero attached hydrogens (tertiary/aromatic N) is 1. The van der Waals surface area contributed by atoms with Crippen molar-refractivity contribution in [1.29, 1.82) is 0 Å². The zero-order valence-electron chi connectivity index (χ0n) is 27.8. The van der Waals surface area contributed by atoms with Crippen molar-refractivity contribution in [3.05, 3.63) is 78.2 Å². The molecule has 3 aromatic carbocycles. The number of aliphatic hydroxyl groups is 1. The predicted molar refractivity (Wildman–Crippen MR) is 171 cm³/mol. The van der Waals surface area contributed by atoms with E-state index in [-0.39, 0.29) is 43.5 Å². The molecule has 5 heteroatoms. The number of ether oxygens (including phenoxy) is 1. The number of fused-ring (bicyclic) bond motifs is 4. The van der Waals surface area contributed by atoms with Gasteiger partial charge in [0.1, 0.15) is 5.75 Å². The van der Waals surface area contributed by atoms with Crippen LogP contribution in [0.3, 0.4) is 0 Å². The summed E-state index contributed by atoms with van der Waals surface area (Å²) in [7, 11) is 0. The van der Waals surface area contributed by atoms with Crippen LogP contribution in [-0.2, 0) is 31.3 Å². The molecule has 0 amide bonds. The number of carbonyl (C=O) groups excluding carboxylic acids is 1. The summed E-state index contributed by atoms with van der Waals surface area (Å²) in [6.45, 7) is 13.8. The molecule has 1 aliphatic rings. The standard InChI is InChI=1S/C24H20NO.C13H24O2.Ir/c1-24(2,3)14-15-12-17-10-11-25-22-19-9-8-16-6-4-5-7-18(16)23(19)26-20(13-15)21(17)22;1-5-10(6-2)12(14)9-13(15)11(7-3)8-4;/h4-8,10-13H,14H2,1-3H3;9-11,14H,5-8H2,1-4H3;/q-1;;/b;12-9-;/i14D2;;. The number of benzene rings is 3. The van der Waals surface area contributed by atoms with Crippen LogP contribution in [-0.4, -0.2) is 15.9 Å². The van der Waals surface area contributed by atoms with Crippen molar-refractivity contribution in [2.75, 3.05) is 0 Å². The van der Waals surface area contributed by atoms with E-state index in [1.807, 2.05) is 97.0 Å². The van der Waals surface area contributed by atoms with E-state index in [0.717, 1.165) is 64.2 Å². The van der Waals surface area contributed by atoms with Crippen molar-refractivity contribution in [3.63, 3.8) is 0 Å². The Kier molecular flexibility index (Phi) is 10.5. The average molecular weight is 745 g/mol. The van der Waals surface area contributed by atoms with Gasteiger partial charge in [-0.15, -0.1) is 12.1 Å². The third kappa shape index (κ3) is 7.49. The molecule has 0 unspecified atom stereocenters. The van der Waals surface area contributed by atoms with E-state index in [2.05, 4.69) is 11.1 Å². The van der Waals surface area contributed by atoms with Crippen LogP contribution in [0.25, 0.3) is 32.8 Å². The minimum Gasteiger partial charge on any atom is -0.512 e. The van der Waals surface area contributed by atoms with Gasteiger partial charge in [-0.2, -0.15) is 0 Å². The minimum atomic E-state index is -1.50. The zero-order valence-corrected chi connectivity index (χ0v) is 28.2. The molecule has 1 radical (unpaired) electrons. The van der Waals surface area contributed by atoms with Crippen molar-refractivity contribution >= 4 is 27.3 Å². The Morgan fingerprint density at radius 2 is 1.69 bits per heavy atom. The molecule has 0 saturated heterocycles. The molecule has 0 spiro atoms. The summed E-state index contributed by atoms with van der Waals surface area (Å²) in [5.74, 6) is 1.94. The molecule has 4 nitrogen and oxygen atoms in total. The SMILES string of the molecule is CCC(CC)C(=O)/C=C(\O)C(CC)CC.[2H]C([2H])(c1cc2c3c(nccc3c1)-c1[c-]cc3ccccc3c1O2)C(C)(C)C.[Ir]. The Hall–Kier alpha value is -3.01. The first-order valence-corrected chi connectivity index (χ1v) is 14.9. The number of hydrogen-bond donors (Lipinski definition) is 1. The number of pyridine rings is 1. The summed E-state index contributed by atoms with van der Waals surface area (Å²) < 4.78 is 23.8. The third-order valence-electron chi connectivity index (χ3n) is 7.68. The van der Waals surface area contributed by atoms with Crippen molar-refractivity contribution in [2.24, 2.45) is 17.3 Å². The fourth-order valence-electron chi connectivity index (χ4n) is 5.40. The molecular weight excluding hydrogens is 699 g/mol. The summed E-state index contributed by atoms with van der Waals surface area (Å²) >= 11 is 0. The van der Waals surface area contributed by atoms with Gasteiger partial charge < -0.3 is 14.8 Å². The number of hydrogen-bond acceptors (Lipinski definition) is 4. The maximum Gasteiger partial charge on any atom is 0.162 e. The second kappa shape index (κ2) is 14.4. The van der Waals surface area contributed by atoms with Gasteiger partial charge in [-0.05, 0) is 60.6 Å². The molecule has 2 heterocycles. The van der Waals surface area contributed by atoms with Crippen molar-refractivity contribution in [3.8, 4) is 22.8 Å². The molecular formula is C37H44IrNO3-. The third-order valence-corrected chi connectivity index (χ3v) is 7.68. The van der Waals surface area contributed by atoms with E-state index in [1.54, 1.807) is 6.20 Å². The second-order valence-electron chi connectivity index (χ2n) is 11.8. The summed E-state index contributed by atoms with van der Waals surface area (Å²) in [5.41, 5.74) is 1.76. The summed E-state index contributed by atoms with van der Waals surface area (Å²) in [6.07, 6.45) is 5.18. The molecule has 1 aliphatic heterocycles. The van der Waals surface area contributed by atoms with Crippen LogP contribution in [0.15, 0.2) is 66.6 Å². The zero-order chi connectivity index (χ0) is 31.5. The van der Waals surface area contributed by atoms with E-state index in [0.29, 0.717) is 11.3 Å². The van der Waals surface area contributed by atoms with E-state index < -0.39 is 11.8 Å². The Morgan fingerprint density at radius 1 is 1.02 bits per heavy atom.